The molecule has 0 N–H and O–H groups in total. The van der Waals surface area contributed by atoms with Crippen LogP contribution in [0.2, 0.25) is 0 Å². The van der Waals surface area contributed by atoms with Gasteiger partial charge in [-0.2, -0.15) is 47.0 Å². The van der Waals surface area contributed by atoms with Gasteiger partial charge in [0.15, 0.2) is 0 Å². The number of hydrogen-bond donors (Lipinski definition) is 0. The van der Waals surface area contributed by atoms with Gasteiger partial charge in [-0.05, 0) is 5.75 Å². The molecule has 0 aromatic carbocycles. The fourth-order valence-electron chi connectivity index (χ4n) is 1.02. The number of carboxylic acids is 1. The summed E-state index contributed by atoms with van der Waals surface area (Å²) in [5, 5.41) is 21.2. The zero-order chi connectivity index (χ0) is 12.5. The van der Waals surface area contributed by atoms with E-state index in [9.17, 15) is 15.0 Å². The van der Waals surface area contributed by atoms with Gasteiger partial charge in [0, 0.05) is 39.3 Å². The van der Waals surface area contributed by atoms with Crippen LogP contribution in [-0.4, -0.2) is 106 Å². The molecule has 3 nitrogen and oxygen atoms in total. The van der Waals surface area contributed by atoms with E-state index in [1.807, 2.05) is 35.3 Å². The predicted molar refractivity (Wildman–Crippen MR) is 82.8 cm³/mol. The van der Waals surface area contributed by atoms with Crippen molar-refractivity contribution in [1.29, 1.82) is 0 Å². The largest absolute Gasteiger partial charge is 2.00 e. The second-order valence-corrected chi connectivity index (χ2v) is 8.42. The van der Waals surface area contributed by atoms with Gasteiger partial charge in [0.05, 0.1) is 5.97 Å². The summed E-state index contributed by atoms with van der Waals surface area (Å²) >= 11 is 7.15. The molecule has 0 unspecified atom stereocenters. The topological polar surface area (TPSA) is 63.2 Å². The fourth-order valence-corrected chi connectivity index (χ4v) is 5.37. The third kappa shape index (κ3) is 10.2. The van der Waals surface area contributed by atoms with Crippen molar-refractivity contribution in [3.05, 3.63) is 0 Å². The summed E-state index contributed by atoms with van der Waals surface area (Å²) in [5.74, 6) is 4.78. The van der Waals surface area contributed by atoms with Crippen LogP contribution in [0.5, 0.6) is 0 Å². The number of rotatable bonds is 6. The molecule has 0 atom stereocenters. The summed E-state index contributed by atoms with van der Waals surface area (Å²) in [5.41, 5.74) is 0. The van der Waals surface area contributed by atoms with Gasteiger partial charge in [-0.25, -0.2) is 0 Å². The quantitative estimate of drug-likeness (QED) is 0.502. The van der Waals surface area contributed by atoms with Gasteiger partial charge in [-0.3, -0.25) is 0 Å². The van der Waals surface area contributed by atoms with Crippen LogP contribution in [0, 0.1) is 0 Å². The minimum Gasteiger partial charge on any atom is -0.854 e. The van der Waals surface area contributed by atoms with Gasteiger partial charge in [0.1, 0.15) is 0 Å². The number of thioether (sulfide) groups is 4. The van der Waals surface area contributed by atoms with Gasteiger partial charge >= 0.3 is 48.9 Å². The second-order valence-electron chi connectivity index (χ2n) is 3.58. The Kier molecular flexibility index (Phi) is 14.8. The fraction of sp³-hybridized carbons (Fsp3) is 0.900. The van der Waals surface area contributed by atoms with E-state index >= 15 is 0 Å². The van der Waals surface area contributed by atoms with Crippen molar-refractivity contribution in [1.82, 2.24) is 0 Å². The van der Waals surface area contributed by atoms with E-state index in [-0.39, 0.29) is 61.2 Å². The molecule has 0 saturated carbocycles. The molecule has 0 bridgehead atoms. The van der Waals surface area contributed by atoms with Crippen LogP contribution in [0.25, 0.3) is 0 Å². The molecule has 0 aliphatic carbocycles. The first-order chi connectivity index (χ1) is 8.22. The van der Waals surface area contributed by atoms with Crippen molar-refractivity contribution < 1.29 is 15.0 Å². The minimum absolute atomic E-state index is 0. The smallest absolute Gasteiger partial charge is 0.854 e. The summed E-state index contributed by atoms with van der Waals surface area (Å²) < 4.78 is 0. The Hall–Kier alpha value is 2.40. The minimum atomic E-state index is -0.947. The molecule has 0 radical (unpaired) electrons. The number of carboxylic acid groups (broad SMARTS) is 1. The van der Waals surface area contributed by atoms with E-state index in [0.29, 0.717) is 5.25 Å². The normalized spacial score (nSPS) is 18.7. The van der Waals surface area contributed by atoms with Crippen LogP contribution >= 0.6 is 47.0 Å². The maximum absolute atomic E-state index is 9.95. The van der Waals surface area contributed by atoms with E-state index in [2.05, 4.69) is 0 Å². The van der Waals surface area contributed by atoms with Crippen LogP contribution in [0.1, 0.15) is 0 Å². The van der Waals surface area contributed by atoms with E-state index in [4.69, 9.17) is 0 Å². The van der Waals surface area contributed by atoms with Gasteiger partial charge in [0.2, 0.25) is 0 Å². The SMILES string of the molecule is O=C([O-])CSC1CSC1.[Ba+2].[O-]CCSC1CSC1. The maximum atomic E-state index is 9.95. The molecule has 2 aliphatic rings. The molecule has 100 valence electrons. The van der Waals surface area contributed by atoms with Gasteiger partial charge in [-0.15, -0.1) is 6.61 Å². The average molecular weight is 450 g/mol. The molecule has 0 aromatic rings. The number of carbonyl (C=O) groups excluding carboxylic acids is 1. The van der Waals surface area contributed by atoms with Crippen LogP contribution in [0.4, 0.5) is 0 Å². The number of hydrogen-bond acceptors (Lipinski definition) is 7. The van der Waals surface area contributed by atoms with Crippen LogP contribution in [0.15, 0.2) is 0 Å². The average Bonchev–Trinajstić information content (AvgIpc) is 2.14. The molecule has 0 spiro atoms. The molecule has 2 saturated heterocycles. The summed E-state index contributed by atoms with van der Waals surface area (Å²) in [4.78, 5) is 9.91. The van der Waals surface area contributed by atoms with Crippen molar-refractivity contribution in [3.8, 4) is 0 Å². The summed E-state index contributed by atoms with van der Waals surface area (Å²) in [7, 11) is 0. The molecule has 2 aliphatic heterocycles. The molecule has 0 aromatic heterocycles. The standard InChI is InChI=1S/C5H8O2S2.C5H9OS2.Ba/c6-5(7)3-9-4-1-8-2-4;6-1-2-8-5-3-7-4-5;/h4H,1-3H2,(H,6,7);5H,1-4H2;/q;-1;+2/p-1. The van der Waals surface area contributed by atoms with Crippen LogP contribution in [0.3, 0.4) is 0 Å². The van der Waals surface area contributed by atoms with Crippen LogP contribution in [-0.2, 0) is 4.79 Å². The van der Waals surface area contributed by atoms with Crippen molar-refractivity contribution in [2.24, 2.45) is 0 Å². The Morgan fingerprint density at radius 1 is 1.11 bits per heavy atom. The Morgan fingerprint density at radius 2 is 1.61 bits per heavy atom. The van der Waals surface area contributed by atoms with Crippen molar-refractivity contribution in [2.75, 3.05) is 41.1 Å². The molecule has 2 rings (SSSR count). The van der Waals surface area contributed by atoms with E-state index < -0.39 is 5.97 Å². The molecule has 8 heteroatoms. The molecule has 2 fully saturated rings. The zero-order valence-electron chi connectivity index (χ0n) is 10.2. The third-order valence-corrected chi connectivity index (χ3v) is 7.90. The first-order valence-corrected chi connectivity index (χ1v) is 9.79. The number of aliphatic carboxylic acids is 1. The van der Waals surface area contributed by atoms with Crippen molar-refractivity contribution in [3.63, 3.8) is 0 Å². The zero-order valence-corrected chi connectivity index (χ0v) is 17.9. The first kappa shape index (κ1) is 20.4. The Labute approximate surface area is 166 Å². The molecular formula is C10H16BaO3S4. The van der Waals surface area contributed by atoms with Gasteiger partial charge in [-0.1, -0.05) is 0 Å². The molecular weight excluding hydrogens is 434 g/mol. The van der Waals surface area contributed by atoms with Crippen molar-refractivity contribution in [2.45, 2.75) is 10.5 Å². The van der Waals surface area contributed by atoms with Gasteiger partial charge < -0.3 is 15.0 Å². The second kappa shape index (κ2) is 13.1. The van der Waals surface area contributed by atoms with E-state index in [1.54, 1.807) is 0 Å². The Bertz CT molecular complexity index is 225. The Morgan fingerprint density at radius 3 is 1.94 bits per heavy atom. The number of carbonyl (C=O) groups is 1. The monoisotopic (exact) mass is 450 g/mol. The van der Waals surface area contributed by atoms with E-state index in [1.165, 1.54) is 23.3 Å². The third-order valence-electron chi connectivity index (χ3n) is 2.09. The molecule has 0 amide bonds. The summed E-state index contributed by atoms with van der Waals surface area (Å²) in [6, 6.07) is 0. The molecule has 18 heavy (non-hydrogen) atoms. The van der Waals surface area contributed by atoms with Crippen LogP contribution < -0.4 is 10.2 Å². The van der Waals surface area contributed by atoms with Gasteiger partial charge in [0.25, 0.3) is 0 Å². The predicted octanol–water partition coefficient (Wildman–Crippen LogP) is -0.601. The summed E-state index contributed by atoms with van der Waals surface area (Å²) in [6.07, 6.45) is 0. The first-order valence-electron chi connectivity index (χ1n) is 5.39. The van der Waals surface area contributed by atoms with E-state index in [0.717, 1.165) is 22.5 Å². The molecule has 2 heterocycles. The van der Waals surface area contributed by atoms with Crippen molar-refractivity contribution >= 4 is 102 Å². The summed E-state index contributed by atoms with van der Waals surface area (Å²) in [6.45, 7) is 0.0891. The Balaban J connectivity index is 0.000000306. The maximum Gasteiger partial charge on any atom is 2.00 e.